The Bertz CT molecular complexity index is 631. The van der Waals surface area contributed by atoms with E-state index in [9.17, 15) is 0 Å². The van der Waals surface area contributed by atoms with Crippen molar-refractivity contribution in [3.05, 3.63) is 71.3 Å². The van der Waals surface area contributed by atoms with Crippen LogP contribution in [-0.4, -0.2) is 13.7 Å². The van der Waals surface area contributed by atoms with E-state index in [-0.39, 0.29) is 0 Å². The first kappa shape index (κ1) is 12.9. The number of fused-ring (bicyclic) bond motifs is 1. The smallest absolute Gasteiger partial charge is 0.119 e. The lowest BCUT2D eigenvalue weighted by Gasteiger charge is -2.13. The highest BCUT2D eigenvalue weighted by Crippen LogP contribution is 2.44. The summed E-state index contributed by atoms with van der Waals surface area (Å²) in [5.41, 5.74) is 11.1. The SMILES string of the molecule is COc1ccc2c(c1)C(=CCN)C(c1ccccc1)C2. The van der Waals surface area contributed by atoms with Crippen molar-refractivity contribution in [2.75, 3.05) is 13.7 Å². The summed E-state index contributed by atoms with van der Waals surface area (Å²) in [5, 5.41) is 0. The number of hydrogen-bond acceptors (Lipinski definition) is 2. The van der Waals surface area contributed by atoms with Crippen LogP contribution in [0.25, 0.3) is 5.57 Å². The van der Waals surface area contributed by atoms with E-state index in [1.165, 1.54) is 22.3 Å². The van der Waals surface area contributed by atoms with Crippen LogP contribution >= 0.6 is 0 Å². The number of ether oxygens (including phenoxy) is 1. The van der Waals surface area contributed by atoms with Crippen molar-refractivity contribution in [1.29, 1.82) is 0 Å². The Morgan fingerprint density at radius 1 is 1.20 bits per heavy atom. The molecule has 0 spiro atoms. The minimum absolute atomic E-state index is 0.404. The maximum absolute atomic E-state index is 5.77. The minimum Gasteiger partial charge on any atom is -0.497 e. The predicted molar refractivity (Wildman–Crippen MR) is 82.9 cm³/mol. The first-order valence-electron chi connectivity index (χ1n) is 6.96. The van der Waals surface area contributed by atoms with Gasteiger partial charge < -0.3 is 10.5 Å². The highest BCUT2D eigenvalue weighted by Gasteiger charge is 2.28. The Morgan fingerprint density at radius 3 is 2.70 bits per heavy atom. The molecule has 2 N–H and O–H groups in total. The number of benzene rings is 2. The Balaban J connectivity index is 2.06. The van der Waals surface area contributed by atoms with Crippen LogP contribution < -0.4 is 10.5 Å². The summed E-state index contributed by atoms with van der Waals surface area (Å²) < 4.78 is 5.35. The van der Waals surface area contributed by atoms with E-state index in [4.69, 9.17) is 10.5 Å². The normalized spacial score (nSPS) is 19.1. The van der Waals surface area contributed by atoms with Gasteiger partial charge in [-0.25, -0.2) is 0 Å². The van der Waals surface area contributed by atoms with E-state index in [0.29, 0.717) is 12.5 Å². The quantitative estimate of drug-likeness (QED) is 0.923. The monoisotopic (exact) mass is 265 g/mol. The second-order valence-corrected chi connectivity index (χ2v) is 5.09. The van der Waals surface area contributed by atoms with Gasteiger partial charge in [0, 0.05) is 12.5 Å². The van der Waals surface area contributed by atoms with Gasteiger partial charge in [0.05, 0.1) is 7.11 Å². The van der Waals surface area contributed by atoms with Crippen LogP contribution in [-0.2, 0) is 6.42 Å². The third kappa shape index (κ3) is 2.23. The van der Waals surface area contributed by atoms with Crippen molar-refractivity contribution in [3.8, 4) is 5.75 Å². The third-order valence-corrected chi connectivity index (χ3v) is 3.97. The minimum atomic E-state index is 0.404. The summed E-state index contributed by atoms with van der Waals surface area (Å²) >= 11 is 0. The zero-order chi connectivity index (χ0) is 13.9. The summed E-state index contributed by atoms with van der Waals surface area (Å²) in [4.78, 5) is 0. The standard InChI is InChI=1S/C18H19NO/c1-20-15-8-7-14-11-17(13-5-3-2-4-6-13)16(9-10-19)18(14)12-15/h2-9,12,17H,10-11,19H2,1H3. The van der Waals surface area contributed by atoms with E-state index in [0.717, 1.165) is 12.2 Å². The molecule has 0 saturated heterocycles. The van der Waals surface area contributed by atoms with Gasteiger partial charge in [-0.05, 0) is 40.8 Å². The number of allylic oxidation sites excluding steroid dienone is 1. The van der Waals surface area contributed by atoms with Crippen LogP contribution in [0.1, 0.15) is 22.6 Å². The average Bonchev–Trinajstić information content (AvgIpc) is 2.86. The Morgan fingerprint density at radius 2 is 2.00 bits per heavy atom. The van der Waals surface area contributed by atoms with Crippen molar-refractivity contribution in [3.63, 3.8) is 0 Å². The molecule has 0 heterocycles. The van der Waals surface area contributed by atoms with E-state index in [1.807, 2.05) is 6.07 Å². The Hall–Kier alpha value is -2.06. The van der Waals surface area contributed by atoms with Gasteiger partial charge in [-0.2, -0.15) is 0 Å². The van der Waals surface area contributed by atoms with Gasteiger partial charge in [0.1, 0.15) is 5.75 Å². The lowest BCUT2D eigenvalue weighted by atomic mass is 9.91. The van der Waals surface area contributed by atoms with Crippen LogP contribution in [0.2, 0.25) is 0 Å². The Kier molecular flexibility index (Phi) is 3.57. The van der Waals surface area contributed by atoms with Crippen molar-refractivity contribution in [2.45, 2.75) is 12.3 Å². The van der Waals surface area contributed by atoms with Gasteiger partial charge in [-0.1, -0.05) is 42.5 Å². The molecule has 0 bridgehead atoms. The molecule has 2 aromatic carbocycles. The molecule has 0 aromatic heterocycles. The molecule has 0 amide bonds. The summed E-state index contributed by atoms with van der Waals surface area (Å²) in [7, 11) is 1.71. The van der Waals surface area contributed by atoms with E-state index < -0.39 is 0 Å². The average molecular weight is 265 g/mol. The molecular weight excluding hydrogens is 246 g/mol. The zero-order valence-corrected chi connectivity index (χ0v) is 11.7. The molecule has 1 unspecified atom stereocenters. The molecular formula is C18H19NO. The molecule has 0 fully saturated rings. The van der Waals surface area contributed by atoms with Gasteiger partial charge >= 0.3 is 0 Å². The van der Waals surface area contributed by atoms with Gasteiger partial charge in [-0.3, -0.25) is 0 Å². The van der Waals surface area contributed by atoms with Crippen LogP contribution in [0.5, 0.6) is 5.75 Å². The van der Waals surface area contributed by atoms with Crippen molar-refractivity contribution < 1.29 is 4.74 Å². The third-order valence-electron chi connectivity index (χ3n) is 3.97. The molecule has 102 valence electrons. The van der Waals surface area contributed by atoms with Crippen LogP contribution in [0.3, 0.4) is 0 Å². The molecule has 2 nitrogen and oxygen atoms in total. The first-order valence-corrected chi connectivity index (χ1v) is 6.96. The lowest BCUT2D eigenvalue weighted by molar-refractivity contribution is 0.414. The fourth-order valence-corrected chi connectivity index (χ4v) is 3.01. The number of hydrogen-bond donors (Lipinski definition) is 1. The maximum Gasteiger partial charge on any atom is 0.119 e. The highest BCUT2D eigenvalue weighted by atomic mass is 16.5. The van der Waals surface area contributed by atoms with E-state index >= 15 is 0 Å². The summed E-state index contributed by atoms with van der Waals surface area (Å²) in [6.07, 6.45) is 3.18. The van der Waals surface area contributed by atoms with Gasteiger partial charge in [0.25, 0.3) is 0 Å². The summed E-state index contributed by atoms with van der Waals surface area (Å²) in [6, 6.07) is 17.0. The molecule has 0 radical (unpaired) electrons. The van der Waals surface area contributed by atoms with Crippen LogP contribution in [0.4, 0.5) is 0 Å². The van der Waals surface area contributed by atoms with Crippen LogP contribution in [0.15, 0.2) is 54.6 Å². The number of methoxy groups -OCH3 is 1. The Labute approximate surface area is 119 Å². The fraction of sp³-hybridized carbons (Fsp3) is 0.222. The van der Waals surface area contributed by atoms with Gasteiger partial charge in [0.2, 0.25) is 0 Å². The second kappa shape index (κ2) is 5.51. The predicted octanol–water partition coefficient (Wildman–Crippen LogP) is 3.38. The highest BCUT2D eigenvalue weighted by molar-refractivity contribution is 5.79. The van der Waals surface area contributed by atoms with Gasteiger partial charge in [-0.15, -0.1) is 0 Å². The molecule has 2 aromatic rings. The lowest BCUT2D eigenvalue weighted by Crippen LogP contribution is -2.01. The molecule has 1 atom stereocenters. The summed E-state index contributed by atoms with van der Waals surface area (Å²) in [6.45, 7) is 0.565. The molecule has 0 saturated carbocycles. The molecule has 1 aliphatic carbocycles. The molecule has 3 rings (SSSR count). The fourth-order valence-electron chi connectivity index (χ4n) is 3.01. The molecule has 1 aliphatic rings. The maximum atomic E-state index is 5.77. The summed E-state index contributed by atoms with van der Waals surface area (Å²) in [5.74, 6) is 1.31. The molecule has 2 heteroatoms. The molecule has 0 aliphatic heterocycles. The zero-order valence-electron chi connectivity index (χ0n) is 11.7. The van der Waals surface area contributed by atoms with Crippen LogP contribution in [0, 0.1) is 0 Å². The van der Waals surface area contributed by atoms with Crippen molar-refractivity contribution in [1.82, 2.24) is 0 Å². The van der Waals surface area contributed by atoms with Crippen molar-refractivity contribution >= 4 is 5.57 Å². The van der Waals surface area contributed by atoms with Crippen molar-refractivity contribution in [2.24, 2.45) is 5.73 Å². The second-order valence-electron chi connectivity index (χ2n) is 5.09. The first-order chi connectivity index (χ1) is 9.83. The van der Waals surface area contributed by atoms with E-state index in [2.05, 4.69) is 48.5 Å². The number of rotatable bonds is 3. The molecule has 20 heavy (non-hydrogen) atoms. The van der Waals surface area contributed by atoms with E-state index in [1.54, 1.807) is 7.11 Å². The topological polar surface area (TPSA) is 35.2 Å². The van der Waals surface area contributed by atoms with Gasteiger partial charge in [0.15, 0.2) is 0 Å². The number of nitrogens with two attached hydrogens (primary N) is 1. The largest absolute Gasteiger partial charge is 0.497 e.